The van der Waals surface area contributed by atoms with Crippen LogP contribution in [0.5, 0.6) is 0 Å². The van der Waals surface area contributed by atoms with Crippen molar-refractivity contribution in [2.45, 2.75) is 32.2 Å². The normalized spacial score (nSPS) is 27.5. The van der Waals surface area contributed by atoms with E-state index in [4.69, 9.17) is 0 Å². The number of fused-ring (bicyclic) bond motifs is 1. The summed E-state index contributed by atoms with van der Waals surface area (Å²) in [6, 6.07) is 7.01. The second-order valence-electron chi connectivity index (χ2n) is 3.97. The summed E-state index contributed by atoms with van der Waals surface area (Å²) in [6.45, 7) is 4.91. The summed E-state index contributed by atoms with van der Waals surface area (Å²) in [4.78, 5) is 6.62. The molecule has 0 aromatic carbocycles. The molecule has 2 nitrogen and oxygen atoms in total. The largest absolute Gasteiger partial charge is 0.298 e. The van der Waals surface area contributed by atoms with Gasteiger partial charge in [-0.3, -0.25) is 9.88 Å². The smallest absolute Gasteiger partial charge is 0.0400 e. The van der Waals surface area contributed by atoms with E-state index in [2.05, 4.69) is 16.8 Å². The van der Waals surface area contributed by atoms with Crippen molar-refractivity contribution < 1.29 is 0 Å². The summed E-state index contributed by atoms with van der Waals surface area (Å²) in [5.74, 6) is 0. The van der Waals surface area contributed by atoms with Crippen molar-refractivity contribution in [1.29, 1.82) is 0 Å². The van der Waals surface area contributed by atoms with Gasteiger partial charge in [-0.1, -0.05) is 13.0 Å². The van der Waals surface area contributed by atoms with Crippen LogP contribution < -0.4 is 0 Å². The second kappa shape index (κ2) is 4.56. The van der Waals surface area contributed by atoms with Gasteiger partial charge >= 0.3 is 0 Å². The number of pyridine rings is 1. The molecule has 0 N–H and O–H groups in total. The van der Waals surface area contributed by atoms with Gasteiger partial charge in [0.2, 0.25) is 0 Å². The van der Waals surface area contributed by atoms with E-state index in [9.17, 15) is 0 Å². The lowest BCUT2D eigenvalue weighted by Gasteiger charge is -1.88. The first-order valence-corrected chi connectivity index (χ1v) is 5.54. The van der Waals surface area contributed by atoms with E-state index in [0.29, 0.717) is 0 Å². The summed E-state index contributed by atoms with van der Waals surface area (Å²) >= 11 is 0. The van der Waals surface area contributed by atoms with Crippen LogP contribution in [0.2, 0.25) is 0 Å². The molecule has 2 unspecified atom stereocenters. The van der Waals surface area contributed by atoms with Gasteiger partial charge in [-0.2, -0.15) is 0 Å². The predicted octanol–water partition coefficient (Wildman–Crippen LogP) is 2.11. The summed E-state index contributed by atoms with van der Waals surface area (Å²) in [7, 11) is 0. The summed E-state index contributed by atoms with van der Waals surface area (Å²) in [5, 5.41) is 0. The molecular weight excluding hydrogens is 172 g/mol. The first kappa shape index (κ1) is 9.66. The maximum atomic E-state index is 4.10. The Morgan fingerprint density at radius 3 is 2.71 bits per heavy atom. The van der Waals surface area contributed by atoms with Crippen LogP contribution in [-0.4, -0.2) is 29.0 Å². The molecule has 0 spiro atoms. The molecule has 0 aliphatic carbocycles. The van der Waals surface area contributed by atoms with Crippen molar-refractivity contribution in [2.75, 3.05) is 13.1 Å². The van der Waals surface area contributed by atoms with Gasteiger partial charge in [0.1, 0.15) is 0 Å². The van der Waals surface area contributed by atoms with Crippen molar-refractivity contribution in [3.05, 3.63) is 30.1 Å². The van der Waals surface area contributed by atoms with Gasteiger partial charge in [-0.25, -0.2) is 0 Å². The van der Waals surface area contributed by atoms with Crippen LogP contribution in [0.3, 0.4) is 0 Å². The molecule has 0 bridgehead atoms. The van der Waals surface area contributed by atoms with Gasteiger partial charge in [-0.15, -0.1) is 0 Å². The van der Waals surface area contributed by atoms with E-state index in [1.54, 1.807) is 0 Å². The van der Waals surface area contributed by atoms with Crippen molar-refractivity contribution in [1.82, 2.24) is 9.88 Å². The lowest BCUT2D eigenvalue weighted by Crippen LogP contribution is -1.90. The molecule has 14 heavy (non-hydrogen) atoms. The number of rotatable bonds is 1. The fourth-order valence-electron chi connectivity index (χ4n) is 1.91. The van der Waals surface area contributed by atoms with Crippen LogP contribution in [0.25, 0.3) is 0 Å². The lowest BCUT2D eigenvalue weighted by atomic mass is 10.3. The summed E-state index contributed by atoms with van der Waals surface area (Å²) in [5.41, 5.74) is 1.16. The minimum absolute atomic E-state index is 1.03. The number of aryl methyl sites for hydroxylation is 1. The quantitative estimate of drug-likeness (QED) is 0.630. The highest BCUT2D eigenvalue weighted by molar-refractivity contribution is 5.02. The minimum atomic E-state index is 1.03. The van der Waals surface area contributed by atoms with Crippen LogP contribution in [-0.2, 0) is 6.42 Å². The lowest BCUT2D eigenvalue weighted by molar-refractivity contribution is 0.593. The molecule has 2 aliphatic heterocycles. The summed E-state index contributed by atoms with van der Waals surface area (Å²) < 4.78 is 0. The Labute approximate surface area is 86.0 Å². The molecule has 2 saturated heterocycles. The third kappa shape index (κ3) is 2.55. The zero-order chi connectivity index (χ0) is 9.80. The van der Waals surface area contributed by atoms with Crippen LogP contribution in [0.4, 0.5) is 0 Å². The Morgan fingerprint density at radius 1 is 1.50 bits per heavy atom. The predicted molar refractivity (Wildman–Crippen MR) is 58.2 cm³/mol. The van der Waals surface area contributed by atoms with Crippen LogP contribution in [0, 0.1) is 0 Å². The van der Waals surface area contributed by atoms with Gasteiger partial charge in [0.25, 0.3) is 0 Å². The van der Waals surface area contributed by atoms with E-state index >= 15 is 0 Å². The zero-order valence-corrected chi connectivity index (χ0v) is 8.82. The van der Waals surface area contributed by atoms with E-state index < -0.39 is 0 Å². The Hall–Kier alpha value is -0.890. The highest BCUT2D eigenvalue weighted by Crippen LogP contribution is 2.28. The third-order valence-electron chi connectivity index (χ3n) is 2.90. The van der Waals surface area contributed by atoms with Crippen molar-refractivity contribution in [3.63, 3.8) is 0 Å². The highest BCUT2D eigenvalue weighted by atomic mass is 15.3. The molecule has 1 aromatic rings. The highest BCUT2D eigenvalue weighted by Gasteiger charge is 2.37. The van der Waals surface area contributed by atoms with Crippen LogP contribution in [0.1, 0.15) is 25.5 Å². The van der Waals surface area contributed by atoms with Gasteiger partial charge in [0, 0.05) is 24.5 Å². The van der Waals surface area contributed by atoms with E-state index in [0.717, 1.165) is 18.2 Å². The van der Waals surface area contributed by atoms with Crippen molar-refractivity contribution in [3.8, 4) is 0 Å². The molecular formula is C12H18N2. The molecule has 1 aromatic heterocycles. The number of nitrogens with zero attached hydrogens (tertiary/aromatic N) is 2. The average Bonchev–Trinajstić information content (AvgIpc) is 2.88. The number of hydrogen-bond acceptors (Lipinski definition) is 2. The van der Waals surface area contributed by atoms with E-state index in [1.807, 2.05) is 24.4 Å². The Balaban J connectivity index is 0.000000110. The molecule has 2 aliphatic rings. The van der Waals surface area contributed by atoms with Gasteiger partial charge in [-0.05, 0) is 37.9 Å². The first-order valence-electron chi connectivity index (χ1n) is 5.54. The molecule has 2 fully saturated rings. The molecule has 3 rings (SSSR count). The standard InChI is InChI=1S/C7H9N.C5H9N/c1-2-7-5-3-4-6-8-7;1-2-5-4-6(5)3-1/h3-6H,2H2,1H3;5H,1-4H2. The third-order valence-corrected chi connectivity index (χ3v) is 2.90. The zero-order valence-electron chi connectivity index (χ0n) is 8.82. The maximum Gasteiger partial charge on any atom is 0.0400 e. The maximum absolute atomic E-state index is 4.10. The second-order valence-corrected chi connectivity index (χ2v) is 3.97. The molecule has 2 heteroatoms. The number of aromatic nitrogens is 1. The van der Waals surface area contributed by atoms with Crippen LogP contribution in [0.15, 0.2) is 24.4 Å². The van der Waals surface area contributed by atoms with Gasteiger partial charge in [0.05, 0.1) is 0 Å². The van der Waals surface area contributed by atoms with E-state index in [1.165, 1.54) is 25.9 Å². The summed E-state index contributed by atoms with van der Waals surface area (Å²) in [6.07, 6.45) is 5.80. The molecule has 76 valence electrons. The molecule has 0 radical (unpaired) electrons. The average molecular weight is 190 g/mol. The monoisotopic (exact) mass is 190 g/mol. The first-order chi connectivity index (χ1) is 6.90. The van der Waals surface area contributed by atoms with Crippen molar-refractivity contribution >= 4 is 0 Å². The molecule has 3 heterocycles. The van der Waals surface area contributed by atoms with E-state index in [-0.39, 0.29) is 0 Å². The number of piperidine rings is 1. The van der Waals surface area contributed by atoms with Crippen LogP contribution >= 0.6 is 0 Å². The topological polar surface area (TPSA) is 15.9 Å². The Morgan fingerprint density at radius 2 is 2.43 bits per heavy atom. The fourth-order valence-corrected chi connectivity index (χ4v) is 1.91. The van der Waals surface area contributed by atoms with Crippen molar-refractivity contribution in [2.24, 2.45) is 0 Å². The SMILES string of the molecule is C1CC2CN2C1.CCc1ccccn1. The Kier molecular flexibility index (Phi) is 3.14. The molecule has 0 amide bonds. The number of hydrogen-bond donors (Lipinski definition) is 0. The van der Waals surface area contributed by atoms with Gasteiger partial charge < -0.3 is 0 Å². The molecule has 2 atom stereocenters. The minimum Gasteiger partial charge on any atom is -0.298 e. The Bertz CT molecular complexity index is 263. The molecule has 0 saturated carbocycles. The van der Waals surface area contributed by atoms with Gasteiger partial charge in [0.15, 0.2) is 0 Å². The fraction of sp³-hybridized carbons (Fsp3) is 0.583.